The highest BCUT2D eigenvalue weighted by molar-refractivity contribution is 5.84. The maximum Gasteiger partial charge on any atom is 0.419 e. The molecule has 10 heteroatoms. The molecule has 0 atom stereocenters. The standard InChI is InChI=1S/C27H25F3N6O/c1-35-17-33-26-22(16-31)34-21(15-23(26)35)19-5-6-24(20(14-19)27(28,29)30)37-13-9-18-7-11-36(12-8-18)25-4-2-3-10-32-25/h2-6,10,14-15,17-18H,7-9,11-13H2,1H3. The smallest absolute Gasteiger partial charge is 0.419 e. The number of aryl methyl sites for hydroxylation is 1. The molecule has 190 valence electrons. The molecule has 0 saturated carbocycles. The van der Waals surface area contributed by atoms with Crippen LogP contribution in [0.15, 0.2) is 55.0 Å². The minimum atomic E-state index is -4.60. The quantitative estimate of drug-likeness (QED) is 0.338. The van der Waals surface area contributed by atoms with Gasteiger partial charge >= 0.3 is 6.18 Å². The van der Waals surface area contributed by atoms with Gasteiger partial charge in [0.1, 0.15) is 23.2 Å². The molecule has 1 aromatic carbocycles. The van der Waals surface area contributed by atoms with Crippen LogP contribution in [0.2, 0.25) is 0 Å². The summed E-state index contributed by atoms with van der Waals surface area (Å²) in [7, 11) is 1.75. The molecule has 0 N–H and O–H groups in total. The molecule has 0 radical (unpaired) electrons. The van der Waals surface area contributed by atoms with E-state index in [1.807, 2.05) is 24.3 Å². The molecule has 1 aliphatic heterocycles. The maximum atomic E-state index is 14.0. The molecule has 37 heavy (non-hydrogen) atoms. The Balaban J connectivity index is 1.29. The van der Waals surface area contributed by atoms with E-state index >= 15 is 0 Å². The van der Waals surface area contributed by atoms with Crippen molar-refractivity contribution in [3.05, 3.63) is 66.2 Å². The molecular weight excluding hydrogens is 481 g/mol. The number of hydrogen-bond acceptors (Lipinski definition) is 6. The highest BCUT2D eigenvalue weighted by atomic mass is 19.4. The highest BCUT2D eigenvalue weighted by Gasteiger charge is 2.35. The molecule has 4 heterocycles. The molecule has 1 saturated heterocycles. The number of ether oxygens (including phenoxy) is 1. The lowest BCUT2D eigenvalue weighted by Crippen LogP contribution is -2.34. The van der Waals surface area contributed by atoms with E-state index in [2.05, 4.69) is 19.9 Å². The van der Waals surface area contributed by atoms with Crippen LogP contribution in [0.5, 0.6) is 5.75 Å². The van der Waals surface area contributed by atoms with Gasteiger partial charge in [0, 0.05) is 31.9 Å². The fraction of sp³-hybridized carbons (Fsp3) is 0.333. The van der Waals surface area contributed by atoms with Gasteiger partial charge in [0.05, 0.1) is 29.7 Å². The summed E-state index contributed by atoms with van der Waals surface area (Å²) in [6, 6.07) is 13.4. The second kappa shape index (κ2) is 10.1. The second-order valence-corrected chi connectivity index (χ2v) is 9.16. The van der Waals surface area contributed by atoms with Crippen molar-refractivity contribution in [2.24, 2.45) is 13.0 Å². The van der Waals surface area contributed by atoms with Crippen LogP contribution in [0.1, 0.15) is 30.5 Å². The van der Waals surface area contributed by atoms with Gasteiger partial charge in [-0.25, -0.2) is 15.0 Å². The summed E-state index contributed by atoms with van der Waals surface area (Å²) >= 11 is 0. The SMILES string of the molecule is Cn1cnc2c(C#N)nc(-c3ccc(OCCC4CCN(c5ccccn5)CC4)c(C(F)(F)F)c3)cc21. The van der Waals surface area contributed by atoms with E-state index in [4.69, 9.17) is 4.74 Å². The summed E-state index contributed by atoms with van der Waals surface area (Å²) < 4.78 is 49.3. The average molecular weight is 507 g/mol. The van der Waals surface area contributed by atoms with Crippen LogP contribution in [-0.4, -0.2) is 39.2 Å². The monoisotopic (exact) mass is 506 g/mol. The van der Waals surface area contributed by atoms with E-state index in [1.54, 1.807) is 29.9 Å². The summed E-state index contributed by atoms with van der Waals surface area (Å²) in [6.07, 6.45) is 1.27. The first-order valence-corrected chi connectivity index (χ1v) is 12.1. The van der Waals surface area contributed by atoms with Crippen LogP contribution in [0.25, 0.3) is 22.3 Å². The molecule has 0 aliphatic carbocycles. The Kier molecular flexibility index (Phi) is 6.70. The lowest BCUT2D eigenvalue weighted by molar-refractivity contribution is -0.138. The predicted octanol–water partition coefficient (Wildman–Crippen LogP) is 5.61. The van der Waals surface area contributed by atoms with Gasteiger partial charge in [-0.1, -0.05) is 6.07 Å². The van der Waals surface area contributed by atoms with Gasteiger partial charge in [0.25, 0.3) is 0 Å². The molecule has 1 aliphatic rings. The van der Waals surface area contributed by atoms with Crippen molar-refractivity contribution in [2.75, 3.05) is 24.6 Å². The maximum absolute atomic E-state index is 14.0. The van der Waals surface area contributed by atoms with E-state index in [0.717, 1.165) is 37.8 Å². The van der Waals surface area contributed by atoms with Crippen LogP contribution in [0.3, 0.4) is 0 Å². The molecule has 5 rings (SSSR count). The fourth-order valence-corrected chi connectivity index (χ4v) is 4.72. The number of nitriles is 1. The van der Waals surface area contributed by atoms with E-state index in [1.165, 1.54) is 12.4 Å². The summed E-state index contributed by atoms with van der Waals surface area (Å²) in [5.41, 5.74) is 0.752. The van der Waals surface area contributed by atoms with Crippen molar-refractivity contribution in [3.63, 3.8) is 0 Å². The van der Waals surface area contributed by atoms with Gasteiger partial charge in [0.2, 0.25) is 0 Å². The number of imidazole rings is 1. The fourth-order valence-electron chi connectivity index (χ4n) is 4.72. The Labute approximate surface area is 212 Å². The summed E-state index contributed by atoms with van der Waals surface area (Å²) in [4.78, 5) is 15.0. The summed E-state index contributed by atoms with van der Waals surface area (Å²) in [5.74, 6) is 1.13. The Morgan fingerprint density at radius 3 is 2.62 bits per heavy atom. The third kappa shape index (κ3) is 5.21. The van der Waals surface area contributed by atoms with E-state index < -0.39 is 11.7 Å². The Hall–Kier alpha value is -4.13. The van der Waals surface area contributed by atoms with Crippen molar-refractivity contribution >= 4 is 16.9 Å². The number of aromatic nitrogens is 4. The molecule has 0 amide bonds. The van der Waals surface area contributed by atoms with Crippen LogP contribution in [0.4, 0.5) is 19.0 Å². The highest BCUT2D eigenvalue weighted by Crippen LogP contribution is 2.39. The molecule has 7 nitrogen and oxygen atoms in total. The minimum Gasteiger partial charge on any atom is -0.493 e. The first kappa shape index (κ1) is 24.6. The van der Waals surface area contributed by atoms with Gasteiger partial charge in [-0.15, -0.1) is 0 Å². The topological polar surface area (TPSA) is 79.9 Å². The number of halogens is 3. The van der Waals surface area contributed by atoms with Crippen LogP contribution in [0, 0.1) is 17.2 Å². The number of pyridine rings is 2. The van der Waals surface area contributed by atoms with E-state index in [9.17, 15) is 18.4 Å². The Morgan fingerprint density at radius 1 is 1.11 bits per heavy atom. The zero-order chi connectivity index (χ0) is 26.0. The third-order valence-electron chi connectivity index (χ3n) is 6.77. The van der Waals surface area contributed by atoms with Crippen LogP contribution < -0.4 is 9.64 Å². The number of benzene rings is 1. The van der Waals surface area contributed by atoms with Gasteiger partial charge < -0.3 is 14.2 Å². The van der Waals surface area contributed by atoms with Crippen molar-refractivity contribution in [3.8, 4) is 23.1 Å². The molecule has 4 aromatic rings. The zero-order valence-corrected chi connectivity index (χ0v) is 20.2. The number of hydrogen-bond donors (Lipinski definition) is 0. The van der Waals surface area contributed by atoms with Crippen molar-refractivity contribution in [1.82, 2.24) is 19.5 Å². The summed E-state index contributed by atoms with van der Waals surface area (Å²) in [5, 5.41) is 9.45. The Morgan fingerprint density at radius 2 is 1.92 bits per heavy atom. The second-order valence-electron chi connectivity index (χ2n) is 9.16. The van der Waals surface area contributed by atoms with Crippen molar-refractivity contribution in [1.29, 1.82) is 5.26 Å². The van der Waals surface area contributed by atoms with Crippen molar-refractivity contribution < 1.29 is 17.9 Å². The first-order chi connectivity index (χ1) is 17.8. The minimum absolute atomic E-state index is 0.0658. The van der Waals surface area contributed by atoms with Crippen molar-refractivity contribution in [2.45, 2.75) is 25.4 Å². The lowest BCUT2D eigenvalue weighted by atomic mass is 9.94. The molecule has 3 aromatic heterocycles. The zero-order valence-electron chi connectivity index (χ0n) is 20.2. The molecule has 0 spiro atoms. The first-order valence-electron chi connectivity index (χ1n) is 12.1. The Bertz CT molecular complexity index is 1440. The van der Waals surface area contributed by atoms with Gasteiger partial charge in [-0.05, 0) is 61.6 Å². The van der Waals surface area contributed by atoms with Crippen LogP contribution in [-0.2, 0) is 13.2 Å². The normalized spacial score (nSPS) is 14.6. The number of piperidine rings is 1. The predicted molar refractivity (Wildman–Crippen MR) is 133 cm³/mol. The molecule has 0 unspecified atom stereocenters. The largest absolute Gasteiger partial charge is 0.493 e. The van der Waals surface area contributed by atoms with E-state index in [0.29, 0.717) is 23.4 Å². The van der Waals surface area contributed by atoms with Crippen LogP contribution >= 0.6 is 0 Å². The number of fused-ring (bicyclic) bond motifs is 1. The third-order valence-corrected chi connectivity index (χ3v) is 6.77. The summed E-state index contributed by atoms with van der Waals surface area (Å²) in [6.45, 7) is 1.93. The number of rotatable bonds is 6. The average Bonchev–Trinajstić information content (AvgIpc) is 3.29. The van der Waals surface area contributed by atoms with Gasteiger partial charge in [0.15, 0.2) is 5.69 Å². The van der Waals surface area contributed by atoms with Gasteiger partial charge in [-0.3, -0.25) is 0 Å². The molecular formula is C27H25F3N6O. The molecule has 0 bridgehead atoms. The number of nitrogens with zero attached hydrogens (tertiary/aromatic N) is 6. The lowest BCUT2D eigenvalue weighted by Gasteiger charge is -2.32. The number of alkyl halides is 3. The number of anilines is 1. The van der Waals surface area contributed by atoms with E-state index in [-0.39, 0.29) is 29.3 Å². The molecule has 1 fully saturated rings. The van der Waals surface area contributed by atoms with Gasteiger partial charge in [-0.2, -0.15) is 18.4 Å².